The summed E-state index contributed by atoms with van der Waals surface area (Å²) in [4.78, 5) is 29.0. The minimum absolute atomic E-state index is 0.106. The largest absolute Gasteiger partial charge is 0.497 e. The molecular weight excluding hydrogens is 425 g/mol. The summed E-state index contributed by atoms with van der Waals surface area (Å²) in [5.41, 5.74) is 0.302. The monoisotopic (exact) mass is 449 g/mol. The summed E-state index contributed by atoms with van der Waals surface area (Å²) < 4.78 is 34.8. The van der Waals surface area contributed by atoms with Crippen LogP contribution >= 0.6 is 0 Å². The summed E-state index contributed by atoms with van der Waals surface area (Å²) in [6.45, 7) is -0.632. The predicted molar refractivity (Wildman–Crippen MR) is 112 cm³/mol. The highest BCUT2D eigenvalue weighted by atomic mass is 19.1. The Morgan fingerprint density at radius 2 is 1.44 bits per heavy atom. The zero-order chi connectivity index (χ0) is 23.5. The van der Waals surface area contributed by atoms with Crippen LogP contribution < -0.4 is 9.47 Å². The Labute approximate surface area is 184 Å². The van der Waals surface area contributed by atoms with Gasteiger partial charge < -0.3 is 28.9 Å². The molecule has 0 aliphatic heterocycles. The van der Waals surface area contributed by atoms with Gasteiger partial charge in [-0.3, -0.25) is 0 Å². The third-order valence-electron chi connectivity index (χ3n) is 4.28. The third kappa shape index (κ3) is 6.95. The molecule has 0 heterocycles. The molecule has 2 rings (SSSR count). The molecule has 0 spiro atoms. The number of carbonyl (C=O) groups is 2. The topological polar surface area (TPSA) is 113 Å². The van der Waals surface area contributed by atoms with Crippen molar-refractivity contribution in [3.63, 3.8) is 0 Å². The molecule has 0 aromatic heterocycles. The normalized spacial score (nSPS) is 13.7. The number of oxime groups is 1. The average Bonchev–Trinajstić information content (AvgIpc) is 2.83. The van der Waals surface area contributed by atoms with Gasteiger partial charge in [-0.25, -0.2) is 14.0 Å². The van der Waals surface area contributed by atoms with Crippen LogP contribution in [0.15, 0.2) is 53.7 Å². The van der Waals surface area contributed by atoms with Crippen molar-refractivity contribution in [2.45, 2.75) is 18.4 Å². The van der Waals surface area contributed by atoms with E-state index in [1.807, 2.05) is 0 Å². The van der Waals surface area contributed by atoms with Crippen LogP contribution in [0.4, 0.5) is 4.39 Å². The lowest BCUT2D eigenvalue weighted by Gasteiger charge is -2.24. The Kier molecular flexibility index (Phi) is 9.43. The molecule has 0 saturated carbocycles. The lowest BCUT2D eigenvalue weighted by molar-refractivity contribution is -0.0594. The van der Waals surface area contributed by atoms with Gasteiger partial charge in [-0.1, -0.05) is 5.16 Å². The Hall–Kier alpha value is -3.66. The number of halogens is 1. The standard InChI is InChI=1S/C22H24FNO8/c1-28-16-8-4-14(5-9-16)21(26)31-13-19(25)20(18(23)12-24-30-3)32-22(27)15-6-10-17(29-2)11-7-15/h4-12,18-20,25H,13H2,1-3H3/b24-12+/t18-,19-,20+/m1/s1. The number of carbonyl (C=O) groups excluding carboxylic acids is 2. The number of aliphatic hydroxyl groups is 1. The number of hydrogen-bond acceptors (Lipinski definition) is 9. The van der Waals surface area contributed by atoms with E-state index >= 15 is 0 Å². The van der Waals surface area contributed by atoms with Gasteiger partial charge in [-0.05, 0) is 48.5 Å². The number of nitrogens with zero attached hydrogens (tertiary/aromatic N) is 1. The fourth-order valence-corrected chi connectivity index (χ4v) is 2.54. The van der Waals surface area contributed by atoms with Gasteiger partial charge in [0, 0.05) is 0 Å². The van der Waals surface area contributed by atoms with Crippen LogP contribution in [-0.4, -0.2) is 69.6 Å². The minimum Gasteiger partial charge on any atom is -0.497 e. The predicted octanol–water partition coefficient (Wildman–Crippen LogP) is 2.42. The number of esters is 2. The molecule has 2 aromatic rings. The summed E-state index contributed by atoms with van der Waals surface area (Å²) in [5, 5.41) is 13.7. The van der Waals surface area contributed by atoms with E-state index in [1.165, 1.54) is 57.7 Å². The van der Waals surface area contributed by atoms with Gasteiger partial charge in [0.1, 0.15) is 31.3 Å². The van der Waals surface area contributed by atoms with E-state index in [2.05, 4.69) is 9.99 Å². The van der Waals surface area contributed by atoms with Crippen molar-refractivity contribution in [1.29, 1.82) is 0 Å². The number of benzene rings is 2. The molecule has 9 nitrogen and oxygen atoms in total. The van der Waals surface area contributed by atoms with Crippen molar-refractivity contribution in [3.8, 4) is 11.5 Å². The molecule has 0 bridgehead atoms. The third-order valence-corrected chi connectivity index (χ3v) is 4.28. The van der Waals surface area contributed by atoms with E-state index in [9.17, 15) is 19.1 Å². The molecule has 1 N–H and O–H groups in total. The molecule has 32 heavy (non-hydrogen) atoms. The number of aliphatic hydroxyl groups excluding tert-OH is 1. The van der Waals surface area contributed by atoms with Crippen LogP contribution in [0.25, 0.3) is 0 Å². The second-order valence-corrected chi connectivity index (χ2v) is 6.37. The minimum atomic E-state index is -2.04. The van der Waals surface area contributed by atoms with Crippen LogP contribution in [0.2, 0.25) is 0 Å². The zero-order valence-electron chi connectivity index (χ0n) is 17.8. The van der Waals surface area contributed by atoms with Crippen molar-refractivity contribution in [2.75, 3.05) is 27.9 Å². The van der Waals surface area contributed by atoms with Crippen LogP contribution in [0.5, 0.6) is 11.5 Å². The fraction of sp³-hybridized carbons (Fsp3) is 0.318. The first kappa shape index (κ1) is 24.6. The molecule has 0 radical (unpaired) electrons. The van der Waals surface area contributed by atoms with Crippen LogP contribution in [0.3, 0.4) is 0 Å². The number of methoxy groups -OCH3 is 2. The van der Waals surface area contributed by atoms with Gasteiger partial charge in [-0.2, -0.15) is 0 Å². The van der Waals surface area contributed by atoms with Crippen LogP contribution in [0, 0.1) is 0 Å². The van der Waals surface area contributed by atoms with E-state index in [0.29, 0.717) is 11.5 Å². The van der Waals surface area contributed by atoms with E-state index < -0.39 is 36.9 Å². The maximum Gasteiger partial charge on any atom is 0.338 e. The quantitative estimate of drug-likeness (QED) is 0.316. The van der Waals surface area contributed by atoms with Crippen molar-refractivity contribution in [2.24, 2.45) is 5.16 Å². The molecule has 0 aliphatic carbocycles. The molecule has 172 valence electrons. The van der Waals surface area contributed by atoms with Gasteiger partial charge in [-0.15, -0.1) is 0 Å². The lowest BCUT2D eigenvalue weighted by atomic mass is 10.1. The van der Waals surface area contributed by atoms with E-state index in [-0.39, 0.29) is 11.1 Å². The molecule has 0 aliphatic rings. The average molecular weight is 449 g/mol. The molecule has 3 atom stereocenters. The highest BCUT2D eigenvalue weighted by Gasteiger charge is 2.33. The Morgan fingerprint density at radius 1 is 0.938 bits per heavy atom. The van der Waals surface area contributed by atoms with Crippen molar-refractivity contribution >= 4 is 18.2 Å². The molecule has 10 heteroatoms. The van der Waals surface area contributed by atoms with Crippen molar-refractivity contribution < 1.29 is 42.9 Å². The first-order valence-electron chi connectivity index (χ1n) is 9.44. The molecule has 0 amide bonds. The van der Waals surface area contributed by atoms with Gasteiger partial charge in [0.05, 0.1) is 31.6 Å². The summed E-state index contributed by atoms with van der Waals surface area (Å²) >= 11 is 0. The summed E-state index contributed by atoms with van der Waals surface area (Å²) in [6, 6.07) is 12.0. The van der Waals surface area contributed by atoms with E-state index in [0.717, 1.165) is 6.21 Å². The molecule has 2 aromatic carbocycles. The van der Waals surface area contributed by atoms with Crippen molar-refractivity contribution in [3.05, 3.63) is 59.7 Å². The Morgan fingerprint density at radius 3 is 1.91 bits per heavy atom. The summed E-state index contributed by atoms with van der Waals surface area (Å²) in [5.74, 6) is -0.594. The number of ether oxygens (including phenoxy) is 4. The van der Waals surface area contributed by atoms with Gasteiger partial charge in [0.15, 0.2) is 12.3 Å². The highest BCUT2D eigenvalue weighted by molar-refractivity contribution is 5.90. The van der Waals surface area contributed by atoms with E-state index in [1.54, 1.807) is 12.1 Å². The first-order chi connectivity index (χ1) is 15.4. The fourth-order valence-electron chi connectivity index (χ4n) is 2.54. The van der Waals surface area contributed by atoms with E-state index in [4.69, 9.17) is 18.9 Å². The number of rotatable bonds is 11. The SMILES string of the molecule is CO/N=C/[C@@H](F)[C@H](OC(=O)c1ccc(OC)cc1)[C@H](O)COC(=O)c1ccc(OC)cc1. The van der Waals surface area contributed by atoms with Crippen LogP contribution in [0.1, 0.15) is 20.7 Å². The lowest BCUT2D eigenvalue weighted by Crippen LogP contribution is -2.43. The first-order valence-corrected chi connectivity index (χ1v) is 9.44. The number of alkyl halides is 1. The molecule has 0 fully saturated rings. The Balaban J connectivity index is 2.07. The zero-order valence-corrected chi connectivity index (χ0v) is 17.8. The second kappa shape index (κ2) is 12.3. The van der Waals surface area contributed by atoms with Crippen LogP contribution in [-0.2, 0) is 14.3 Å². The molecule has 0 unspecified atom stereocenters. The van der Waals surface area contributed by atoms with Gasteiger partial charge >= 0.3 is 11.9 Å². The number of hydrogen-bond donors (Lipinski definition) is 1. The summed E-state index contributed by atoms with van der Waals surface area (Å²) in [6.07, 6.45) is -4.71. The molecular formula is C22H24FNO8. The summed E-state index contributed by atoms with van der Waals surface area (Å²) in [7, 11) is 4.15. The maximum absolute atomic E-state index is 14.6. The van der Waals surface area contributed by atoms with Crippen molar-refractivity contribution in [1.82, 2.24) is 0 Å². The van der Waals surface area contributed by atoms with Gasteiger partial charge in [0.25, 0.3) is 0 Å². The second-order valence-electron chi connectivity index (χ2n) is 6.37. The van der Waals surface area contributed by atoms with Gasteiger partial charge in [0.2, 0.25) is 0 Å². The Bertz CT molecular complexity index is 901. The highest BCUT2D eigenvalue weighted by Crippen LogP contribution is 2.17. The molecule has 0 saturated heterocycles. The maximum atomic E-state index is 14.6. The smallest absolute Gasteiger partial charge is 0.338 e.